The first-order chi connectivity index (χ1) is 4.40. The summed E-state index contributed by atoms with van der Waals surface area (Å²) in [5, 5.41) is 0. The Hall–Kier alpha value is -0.520. The molecule has 0 aromatic carbocycles. The zero-order chi connectivity index (χ0) is 6.27. The third kappa shape index (κ3) is 0.658. The first-order valence-corrected chi connectivity index (χ1v) is 3.74. The van der Waals surface area contributed by atoms with Crippen LogP contribution < -0.4 is 0 Å². The molecule has 0 heteroatoms. The van der Waals surface area contributed by atoms with Gasteiger partial charge in [-0.3, -0.25) is 0 Å². The molecule has 0 aliphatic heterocycles. The molecule has 0 spiro atoms. The number of hydrogen-bond donors (Lipinski definition) is 0. The van der Waals surface area contributed by atoms with Crippen molar-refractivity contribution in [2.75, 3.05) is 0 Å². The van der Waals surface area contributed by atoms with Gasteiger partial charge in [0.25, 0.3) is 0 Å². The van der Waals surface area contributed by atoms with Gasteiger partial charge >= 0.3 is 0 Å². The highest BCUT2D eigenvalue weighted by atomic mass is 14.4. The fourth-order valence-electron chi connectivity index (χ4n) is 2.11. The van der Waals surface area contributed by atoms with Gasteiger partial charge < -0.3 is 0 Å². The first-order valence-electron chi connectivity index (χ1n) is 3.74. The number of hydrogen-bond acceptors (Lipinski definition) is 0. The van der Waals surface area contributed by atoms with Crippen LogP contribution in [0, 0.1) is 11.8 Å². The van der Waals surface area contributed by atoms with Crippen molar-refractivity contribution < 1.29 is 0 Å². The topological polar surface area (TPSA) is 0 Å². The van der Waals surface area contributed by atoms with Gasteiger partial charge in [0.1, 0.15) is 0 Å². The molecule has 1 unspecified atom stereocenters. The van der Waals surface area contributed by atoms with Crippen molar-refractivity contribution in [2.24, 2.45) is 11.8 Å². The molecule has 0 amide bonds. The molecule has 2 bridgehead atoms. The smallest absolute Gasteiger partial charge is 0.0159 e. The Kier molecular flexibility index (Phi) is 1.01. The van der Waals surface area contributed by atoms with E-state index in [9.17, 15) is 0 Å². The molecule has 0 radical (unpaired) electrons. The average molecular weight is 120 g/mol. The number of allylic oxidation sites excluding steroid dienone is 3. The summed E-state index contributed by atoms with van der Waals surface area (Å²) in [6.45, 7) is 3.79. The molecule has 0 saturated heterocycles. The van der Waals surface area contributed by atoms with Crippen LogP contribution in [0.15, 0.2) is 24.3 Å². The first kappa shape index (κ1) is 5.28. The lowest BCUT2D eigenvalue weighted by Crippen LogP contribution is -1.92. The van der Waals surface area contributed by atoms with Crippen LogP contribution in [0.1, 0.15) is 19.3 Å². The van der Waals surface area contributed by atoms with Gasteiger partial charge in [-0.2, -0.15) is 0 Å². The summed E-state index contributed by atoms with van der Waals surface area (Å²) in [5.74, 6) is 1.82. The third-order valence-electron chi connectivity index (χ3n) is 2.61. The van der Waals surface area contributed by atoms with E-state index in [1.165, 1.54) is 24.8 Å². The quantitative estimate of drug-likeness (QED) is 0.499. The Morgan fingerprint density at radius 2 is 2.44 bits per heavy atom. The van der Waals surface area contributed by atoms with E-state index in [0.29, 0.717) is 0 Å². The van der Waals surface area contributed by atoms with Crippen LogP contribution >= 0.6 is 0 Å². The molecule has 2 rings (SSSR count). The second-order valence-electron chi connectivity index (χ2n) is 3.14. The molecule has 9 heavy (non-hydrogen) atoms. The molecule has 0 N–H and O–H groups in total. The van der Waals surface area contributed by atoms with Crippen LogP contribution in [0.25, 0.3) is 0 Å². The molecule has 48 valence electrons. The van der Waals surface area contributed by atoms with Crippen LogP contribution in [0.4, 0.5) is 0 Å². The molecule has 2 aliphatic rings. The summed E-state index contributed by atoms with van der Waals surface area (Å²) in [6, 6.07) is 0. The van der Waals surface area contributed by atoms with E-state index in [4.69, 9.17) is 0 Å². The lowest BCUT2D eigenvalue weighted by Gasteiger charge is -2.06. The lowest BCUT2D eigenvalue weighted by molar-refractivity contribution is 0.672. The van der Waals surface area contributed by atoms with Gasteiger partial charge in [0.2, 0.25) is 0 Å². The summed E-state index contributed by atoms with van der Waals surface area (Å²) in [7, 11) is 0. The van der Waals surface area contributed by atoms with Gasteiger partial charge in [-0.25, -0.2) is 0 Å². The summed E-state index contributed by atoms with van der Waals surface area (Å²) in [6.07, 6.45) is 8.71. The summed E-state index contributed by atoms with van der Waals surface area (Å²) in [4.78, 5) is 0. The summed E-state index contributed by atoms with van der Waals surface area (Å²) in [5.41, 5.74) is 1.52. The monoisotopic (exact) mass is 120 g/mol. The van der Waals surface area contributed by atoms with E-state index >= 15 is 0 Å². The molecule has 1 saturated carbocycles. The zero-order valence-corrected chi connectivity index (χ0v) is 5.64. The Balaban J connectivity index is 2.26. The highest BCUT2D eigenvalue weighted by Gasteiger charge is 2.30. The molecule has 0 aromatic heterocycles. The lowest BCUT2D eigenvalue weighted by atomic mass is 9.99. The highest BCUT2D eigenvalue weighted by Crippen LogP contribution is 2.43. The van der Waals surface area contributed by atoms with E-state index in [-0.39, 0.29) is 0 Å². The average Bonchev–Trinajstić information content (AvgIpc) is 2.45. The Morgan fingerprint density at radius 3 is 2.78 bits per heavy atom. The van der Waals surface area contributed by atoms with Crippen LogP contribution in [0.3, 0.4) is 0 Å². The SMILES string of the molecule is C=CC1=CC2CC[C@H]1C2. The third-order valence-corrected chi connectivity index (χ3v) is 2.61. The Bertz CT molecular complexity index is 165. The Labute approximate surface area is 56.3 Å². The van der Waals surface area contributed by atoms with Crippen LogP contribution in [0.5, 0.6) is 0 Å². The van der Waals surface area contributed by atoms with E-state index in [2.05, 4.69) is 12.7 Å². The molecular weight excluding hydrogens is 108 g/mol. The maximum Gasteiger partial charge on any atom is -0.0159 e. The zero-order valence-electron chi connectivity index (χ0n) is 5.64. The van der Waals surface area contributed by atoms with Gasteiger partial charge in [0.05, 0.1) is 0 Å². The maximum atomic E-state index is 3.79. The van der Waals surface area contributed by atoms with Crippen LogP contribution in [0.2, 0.25) is 0 Å². The van der Waals surface area contributed by atoms with Crippen molar-refractivity contribution in [1.29, 1.82) is 0 Å². The van der Waals surface area contributed by atoms with Crippen molar-refractivity contribution in [1.82, 2.24) is 0 Å². The predicted octanol–water partition coefficient (Wildman–Crippen LogP) is 2.53. The van der Waals surface area contributed by atoms with Crippen molar-refractivity contribution in [3.63, 3.8) is 0 Å². The second kappa shape index (κ2) is 1.73. The molecule has 0 aromatic rings. The maximum absolute atomic E-state index is 3.79. The van der Waals surface area contributed by atoms with Gasteiger partial charge in [-0.1, -0.05) is 18.7 Å². The fraction of sp³-hybridized carbons (Fsp3) is 0.556. The number of fused-ring (bicyclic) bond motifs is 2. The Morgan fingerprint density at radius 1 is 1.56 bits per heavy atom. The largest absolute Gasteiger partial charge is 0.0988 e. The number of rotatable bonds is 1. The van der Waals surface area contributed by atoms with Crippen molar-refractivity contribution in [3.8, 4) is 0 Å². The van der Waals surface area contributed by atoms with E-state index in [0.717, 1.165) is 11.8 Å². The van der Waals surface area contributed by atoms with Crippen molar-refractivity contribution >= 4 is 0 Å². The molecule has 0 nitrogen and oxygen atoms in total. The van der Waals surface area contributed by atoms with Crippen LogP contribution in [-0.4, -0.2) is 0 Å². The van der Waals surface area contributed by atoms with Gasteiger partial charge in [0, 0.05) is 0 Å². The minimum atomic E-state index is 0.896. The minimum Gasteiger partial charge on any atom is -0.0988 e. The molecule has 0 heterocycles. The minimum absolute atomic E-state index is 0.896. The highest BCUT2D eigenvalue weighted by molar-refractivity contribution is 5.28. The molecule has 2 aliphatic carbocycles. The standard InChI is InChI=1S/C9H12/c1-2-8-5-7-3-4-9(8)6-7/h2,5,7,9H,1,3-4,6H2/t7?,9-/m0/s1. The normalized spacial score (nSPS) is 38.9. The molecular formula is C9H12. The van der Waals surface area contributed by atoms with E-state index in [1.54, 1.807) is 0 Å². The second-order valence-corrected chi connectivity index (χ2v) is 3.14. The van der Waals surface area contributed by atoms with Crippen molar-refractivity contribution in [2.45, 2.75) is 19.3 Å². The van der Waals surface area contributed by atoms with E-state index < -0.39 is 0 Å². The van der Waals surface area contributed by atoms with E-state index in [1.807, 2.05) is 6.08 Å². The van der Waals surface area contributed by atoms with Crippen LogP contribution in [-0.2, 0) is 0 Å². The summed E-state index contributed by atoms with van der Waals surface area (Å²) >= 11 is 0. The molecule has 1 fully saturated rings. The van der Waals surface area contributed by atoms with Crippen molar-refractivity contribution in [3.05, 3.63) is 24.3 Å². The summed E-state index contributed by atoms with van der Waals surface area (Å²) < 4.78 is 0. The van der Waals surface area contributed by atoms with Gasteiger partial charge in [-0.05, 0) is 36.7 Å². The van der Waals surface area contributed by atoms with Gasteiger partial charge in [-0.15, -0.1) is 0 Å². The van der Waals surface area contributed by atoms with Gasteiger partial charge in [0.15, 0.2) is 0 Å². The fourth-order valence-corrected chi connectivity index (χ4v) is 2.11. The predicted molar refractivity (Wildman–Crippen MR) is 39.1 cm³/mol. The molecule has 2 atom stereocenters.